The molecule has 0 fully saturated rings. The lowest BCUT2D eigenvalue weighted by molar-refractivity contribution is -0.136. The van der Waals surface area contributed by atoms with E-state index < -0.39 is 5.97 Å². The van der Waals surface area contributed by atoms with Crippen LogP contribution in [0.15, 0.2) is 28.2 Å². The molecule has 0 saturated heterocycles. The molecule has 0 atom stereocenters. The lowest BCUT2D eigenvalue weighted by Crippen LogP contribution is -1.97. The zero-order valence-corrected chi connectivity index (χ0v) is 9.37. The molecule has 2 rings (SSSR count). The molecule has 0 aliphatic heterocycles. The Kier molecular flexibility index (Phi) is 3.36. The molecule has 0 bridgehead atoms. The van der Waals surface area contributed by atoms with E-state index in [0.717, 1.165) is 0 Å². The summed E-state index contributed by atoms with van der Waals surface area (Å²) in [4.78, 5) is 15.8. The van der Waals surface area contributed by atoms with Gasteiger partial charge in [0.2, 0.25) is 0 Å². The van der Waals surface area contributed by atoms with Crippen LogP contribution in [-0.2, 0) is 17.6 Å². The van der Waals surface area contributed by atoms with Crippen molar-refractivity contribution in [2.45, 2.75) is 19.3 Å². The molecular weight excluding hydrogens is 226 g/mol. The van der Waals surface area contributed by atoms with Gasteiger partial charge in [-0.2, -0.15) is 0 Å². The van der Waals surface area contributed by atoms with E-state index in [2.05, 4.69) is 4.98 Å². The number of rotatable bonds is 5. The van der Waals surface area contributed by atoms with Gasteiger partial charge in [-0.3, -0.25) is 4.79 Å². The quantitative estimate of drug-likeness (QED) is 0.867. The van der Waals surface area contributed by atoms with Crippen LogP contribution < -0.4 is 0 Å². The topological polar surface area (TPSA) is 63.3 Å². The first-order valence-electron chi connectivity index (χ1n) is 4.91. The summed E-state index contributed by atoms with van der Waals surface area (Å²) in [7, 11) is 0. The Morgan fingerprint density at radius 3 is 3.12 bits per heavy atom. The number of aryl methyl sites for hydroxylation is 1. The molecule has 0 unspecified atom stereocenters. The van der Waals surface area contributed by atoms with Crippen LogP contribution in [0.5, 0.6) is 0 Å². The zero-order chi connectivity index (χ0) is 11.4. The predicted molar refractivity (Wildman–Crippen MR) is 59.6 cm³/mol. The van der Waals surface area contributed by atoms with Gasteiger partial charge in [0.15, 0.2) is 5.89 Å². The van der Waals surface area contributed by atoms with Gasteiger partial charge in [0, 0.05) is 11.3 Å². The van der Waals surface area contributed by atoms with Crippen LogP contribution in [0.1, 0.15) is 22.9 Å². The van der Waals surface area contributed by atoms with Gasteiger partial charge in [-0.25, -0.2) is 4.98 Å². The van der Waals surface area contributed by atoms with Crippen LogP contribution in [0.3, 0.4) is 0 Å². The van der Waals surface area contributed by atoms with Crippen molar-refractivity contribution < 1.29 is 14.3 Å². The number of carbonyl (C=O) groups is 1. The molecule has 4 nitrogen and oxygen atoms in total. The van der Waals surface area contributed by atoms with Crippen LogP contribution in [0, 0.1) is 0 Å². The highest BCUT2D eigenvalue weighted by molar-refractivity contribution is 7.09. The second kappa shape index (κ2) is 4.94. The molecule has 0 saturated carbocycles. The largest absolute Gasteiger partial charge is 0.481 e. The van der Waals surface area contributed by atoms with Crippen molar-refractivity contribution >= 4 is 17.3 Å². The molecule has 16 heavy (non-hydrogen) atoms. The van der Waals surface area contributed by atoms with Crippen LogP contribution in [-0.4, -0.2) is 16.1 Å². The number of carboxylic acids is 1. The van der Waals surface area contributed by atoms with Gasteiger partial charge in [-0.05, 0) is 11.4 Å². The van der Waals surface area contributed by atoms with Crippen molar-refractivity contribution in [1.82, 2.24) is 4.98 Å². The monoisotopic (exact) mass is 237 g/mol. The van der Waals surface area contributed by atoms with E-state index in [1.807, 2.05) is 17.5 Å². The Labute approximate surface area is 96.6 Å². The molecule has 2 heterocycles. The number of aliphatic carboxylic acids is 1. The average Bonchev–Trinajstić information content (AvgIpc) is 2.87. The predicted octanol–water partition coefficient (Wildman–Crippen LogP) is 2.34. The maximum atomic E-state index is 10.4. The summed E-state index contributed by atoms with van der Waals surface area (Å²) in [5.74, 6) is -0.175. The van der Waals surface area contributed by atoms with Gasteiger partial charge in [-0.15, -0.1) is 11.3 Å². The number of carboxylic acid groups (broad SMARTS) is 1. The third kappa shape index (κ3) is 2.93. The van der Waals surface area contributed by atoms with Gasteiger partial charge in [0.25, 0.3) is 0 Å². The van der Waals surface area contributed by atoms with Gasteiger partial charge in [0.1, 0.15) is 6.26 Å². The third-order valence-electron chi connectivity index (χ3n) is 2.10. The SMILES string of the molecule is O=C(O)CCc1coc(Cc2cccs2)n1. The first kappa shape index (κ1) is 10.9. The van der Waals surface area contributed by atoms with Gasteiger partial charge in [0.05, 0.1) is 18.5 Å². The van der Waals surface area contributed by atoms with E-state index in [0.29, 0.717) is 24.4 Å². The number of nitrogens with zero attached hydrogens (tertiary/aromatic N) is 1. The highest BCUT2D eigenvalue weighted by Crippen LogP contribution is 2.14. The molecule has 2 aromatic heterocycles. The molecule has 2 aromatic rings. The molecule has 0 aliphatic rings. The van der Waals surface area contributed by atoms with E-state index in [1.165, 1.54) is 11.1 Å². The van der Waals surface area contributed by atoms with Crippen molar-refractivity contribution in [3.05, 3.63) is 40.2 Å². The van der Waals surface area contributed by atoms with Crippen LogP contribution >= 0.6 is 11.3 Å². The number of aromatic nitrogens is 1. The minimum Gasteiger partial charge on any atom is -0.481 e. The molecule has 0 aromatic carbocycles. The Balaban J connectivity index is 1.94. The summed E-state index contributed by atoms with van der Waals surface area (Å²) < 4.78 is 5.27. The van der Waals surface area contributed by atoms with Crippen molar-refractivity contribution in [3.63, 3.8) is 0 Å². The van der Waals surface area contributed by atoms with Crippen LogP contribution in [0.2, 0.25) is 0 Å². The molecule has 84 valence electrons. The van der Waals surface area contributed by atoms with Gasteiger partial charge in [-0.1, -0.05) is 6.07 Å². The fourth-order valence-electron chi connectivity index (χ4n) is 1.34. The second-order valence-corrected chi connectivity index (χ2v) is 4.41. The maximum Gasteiger partial charge on any atom is 0.303 e. The summed E-state index contributed by atoms with van der Waals surface area (Å²) in [6.07, 6.45) is 2.71. The van der Waals surface area contributed by atoms with E-state index >= 15 is 0 Å². The first-order valence-corrected chi connectivity index (χ1v) is 5.79. The van der Waals surface area contributed by atoms with Crippen molar-refractivity contribution in [2.75, 3.05) is 0 Å². The van der Waals surface area contributed by atoms with Crippen molar-refractivity contribution in [1.29, 1.82) is 0 Å². The minimum atomic E-state index is -0.817. The highest BCUT2D eigenvalue weighted by Gasteiger charge is 2.07. The van der Waals surface area contributed by atoms with E-state index in [9.17, 15) is 4.79 Å². The Hall–Kier alpha value is -1.62. The first-order chi connectivity index (χ1) is 7.74. The summed E-state index contributed by atoms with van der Waals surface area (Å²) in [5.41, 5.74) is 0.703. The number of oxazole rings is 1. The number of hydrogen-bond acceptors (Lipinski definition) is 4. The maximum absolute atomic E-state index is 10.4. The third-order valence-corrected chi connectivity index (χ3v) is 2.98. The molecule has 0 spiro atoms. The summed E-state index contributed by atoms with van der Waals surface area (Å²) in [6, 6.07) is 4.00. The van der Waals surface area contributed by atoms with Crippen molar-refractivity contribution in [3.8, 4) is 0 Å². The normalized spacial score (nSPS) is 10.5. The summed E-state index contributed by atoms with van der Waals surface area (Å²) in [5, 5.41) is 10.5. The molecule has 5 heteroatoms. The highest BCUT2D eigenvalue weighted by atomic mass is 32.1. The van der Waals surface area contributed by atoms with E-state index in [-0.39, 0.29) is 6.42 Å². The zero-order valence-electron chi connectivity index (χ0n) is 8.55. The molecule has 0 aliphatic carbocycles. The Bertz CT molecular complexity index is 461. The smallest absolute Gasteiger partial charge is 0.303 e. The van der Waals surface area contributed by atoms with Crippen molar-refractivity contribution in [2.24, 2.45) is 0 Å². The molecular formula is C11H11NO3S. The minimum absolute atomic E-state index is 0.0883. The van der Waals surface area contributed by atoms with E-state index in [4.69, 9.17) is 9.52 Å². The number of hydrogen-bond donors (Lipinski definition) is 1. The van der Waals surface area contributed by atoms with E-state index in [1.54, 1.807) is 11.3 Å². The molecule has 1 N–H and O–H groups in total. The van der Waals surface area contributed by atoms with Crippen LogP contribution in [0.25, 0.3) is 0 Å². The summed E-state index contributed by atoms with van der Waals surface area (Å²) >= 11 is 1.65. The Morgan fingerprint density at radius 2 is 2.44 bits per heavy atom. The molecule has 0 amide bonds. The number of thiophene rings is 1. The second-order valence-electron chi connectivity index (χ2n) is 3.38. The molecule has 0 radical (unpaired) electrons. The van der Waals surface area contributed by atoms with Gasteiger partial charge < -0.3 is 9.52 Å². The van der Waals surface area contributed by atoms with Gasteiger partial charge >= 0.3 is 5.97 Å². The summed E-state index contributed by atoms with van der Waals surface area (Å²) in [6.45, 7) is 0. The fourth-order valence-corrected chi connectivity index (χ4v) is 2.04. The lowest BCUT2D eigenvalue weighted by Gasteiger charge is -1.90. The lowest BCUT2D eigenvalue weighted by atomic mass is 10.2. The Morgan fingerprint density at radius 1 is 1.56 bits per heavy atom. The average molecular weight is 237 g/mol. The fraction of sp³-hybridized carbons (Fsp3) is 0.273. The standard InChI is InChI=1S/C11H11NO3S/c13-11(14)4-3-8-7-15-10(12-8)6-9-2-1-5-16-9/h1-2,5,7H,3-4,6H2,(H,13,14). The van der Waals surface area contributed by atoms with Crippen LogP contribution in [0.4, 0.5) is 0 Å².